The highest BCUT2D eigenvalue weighted by atomic mass is 16.3. The molecule has 1 aromatic rings. The second-order valence-electron chi connectivity index (χ2n) is 5.14. The van der Waals surface area contributed by atoms with Crippen LogP contribution in [-0.2, 0) is 6.42 Å². The molecule has 4 nitrogen and oxygen atoms in total. The summed E-state index contributed by atoms with van der Waals surface area (Å²) in [5.74, 6) is 0.842. The Bertz CT molecular complexity index is 414. The zero-order valence-corrected chi connectivity index (χ0v) is 11.6. The number of hydrogen-bond donors (Lipinski definition) is 1. The molecule has 0 saturated carbocycles. The number of aryl methyl sites for hydroxylation is 1. The van der Waals surface area contributed by atoms with E-state index in [1.54, 1.807) is 0 Å². The molecule has 2 heterocycles. The number of rotatable bonds is 4. The van der Waals surface area contributed by atoms with Crippen molar-refractivity contribution in [1.29, 1.82) is 0 Å². The van der Waals surface area contributed by atoms with Gasteiger partial charge < -0.3 is 10.0 Å². The Morgan fingerprint density at radius 1 is 1.22 bits per heavy atom. The molecule has 1 aliphatic heterocycles. The van der Waals surface area contributed by atoms with E-state index in [1.165, 1.54) is 12.8 Å². The number of aliphatic hydroxyl groups is 1. The summed E-state index contributed by atoms with van der Waals surface area (Å²) in [5, 5.41) is 9.81. The van der Waals surface area contributed by atoms with Gasteiger partial charge in [-0.3, -0.25) is 0 Å². The topological polar surface area (TPSA) is 49.3 Å². The summed E-state index contributed by atoms with van der Waals surface area (Å²) < 4.78 is 0. The Kier molecular flexibility index (Phi) is 4.17. The SMILES string of the molecule is CC[C@H](O)Cc1nc(N2CCCC2)nc(C)c1C. The minimum atomic E-state index is -0.301. The number of hydrogen-bond acceptors (Lipinski definition) is 4. The van der Waals surface area contributed by atoms with Crippen LogP contribution in [0.15, 0.2) is 0 Å². The second-order valence-corrected chi connectivity index (χ2v) is 5.14. The van der Waals surface area contributed by atoms with Gasteiger partial charge in [-0.2, -0.15) is 0 Å². The van der Waals surface area contributed by atoms with Gasteiger partial charge in [0.2, 0.25) is 5.95 Å². The first-order chi connectivity index (χ1) is 8.61. The van der Waals surface area contributed by atoms with Gasteiger partial charge in [0, 0.05) is 25.2 Å². The van der Waals surface area contributed by atoms with Gasteiger partial charge in [-0.25, -0.2) is 9.97 Å². The van der Waals surface area contributed by atoms with Crippen molar-refractivity contribution >= 4 is 5.95 Å². The third-order valence-electron chi connectivity index (χ3n) is 3.77. The molecule has 1 atom stereocenters. The van der Waals surface area contributed by atoms with E-state index >= 15 is 0 Å². The summed E-state index contributed by atoms with van der Waals surface area (Å²) in [4.78, 5) is 11.5. The Morgan fingerprint density at radius 2 is 1.89 bits per heavy atom. The maximum Gasteiger partial charge on any atom is 0.225 e. The normalized spacial score (nSPS) is 17.2. The van der Waals surface area contributed by atoms with Gasteiger partial charge in [-0.05, 0) is 38.7 Å². The van der Waals surface area contributed by atoms with Gasteiger partial charge >= 0.3 is 0 Å². The average Bonchev–Trinajstić information content (AvgIpc) is 2.88. The predicted octanol–water partition coefficient (Wildman–Crippen LogP) is 2.01. The Hall–Kier alpha value is -1.16. The molecule has 1 aliphatic rings. The molecule has 0 unspecified atom stereocenters. The number of anilines is 1. The standard InChI is InChI=1S/C14H23N3O/c1-4-12(18)9-13-10(2)11(3)15-14(16-13)17-7-5-6-8-17/h12,18H,4-9H2,1-3H3/t12-/m0/s1. The Morgan fingerprint density at radius 3 is 2.50 bits per heavy atom. The van der Waals surface area contributed by atoms with E-state index in [0.717, 1.165) is 42.4 Å². The summed E-state index contributed by atoms with van der Waals surface area (Å²) in [7, 11) is 0. The van der Waals surface area contributed by atoms with Crippen LogP contribution in [0.3, 0.4) is 0 Å². The molecule has 1 saturated heterocycles. The van der Waals surface area contributed by atoms with Gasteiger partial charge in [0.1, 0.15) is 0 Å². The lowest BCUT2D eigenvalue weighted by Gasteiger charge is -2.19. The van der Waals surface area contributed by atoms with Crippen molar-refractivity contribution in [3.8, 4) is 0 Å². The molecule has 0 spiro atoms. The lowest BCUT2D eigenvalue weighted by Crippen LogP contribution is -2.23. The van der Waals surface area contributed by atoms with Crippen LogP contribution in [0, 0.1) is 13.8 Å². The molecule has 2 rings (SSSR count). The smallest absolute Gasteiger partial charge is 0.225 e. The van der Waals surface area contributed by atoms with Crippen LogP contribution >= 0.6 is 0 Å². The maximum absolute atomic E-state index is 9.81. The van der Waals surface area contributed by atoms with Crippen LogP contribution in [-0.4, -0.2) is 34.3 Å². The molecular formula is C14H23N3O. The molecule has 0 bridgehead atoms. The monoisotopic (exact) mass is 249 g/mol. The fraction of sp³-hybridized carbons (Fsp3) is 0.714. The van der Waals surface area contributed by atoms with Crippen molar-refractivity contribution in [2.45, 2.75) is 52.6 Å². The Balaban J connectivity index is 2.27. The fourth-order valence-corrected chi connectivity index (χ4v) is 2.30. The molecule has 1 N–H and O–H groups in total. The predicted molar refractivity (Wildman–Crippen MR) is 73.0 cm³/mol. The van der Waals surface area contributed by atoms with E-state index in [4.69, 9.17) is 0 Å². The van der Waals surface area contributed by atoms with E-state index in [9.17, 15) is 5.11 Å². The fourth-order valence-electron chi connectivity index (χ4n) is 2.30. The van der Waals surface area contributed by atoms with Crippen molar-refractivity contribution < 1.29 is 5.11 Å². The molecular weight excluding hydrogens is 226 g/mol. The van der Waals surface area contributed by atoms with Gasteiger partial charge in [0.05, 0.1) is 11.8 Å². The van der Waals surface area contributed by atoms with Crippen molar-refractivity contribution in [2.75, 3.05) is 18.0 Å². The van der Waals surface area contributed by atoms with E-state index in [0.29, 0.717) is 6.42 Å². The number of nitrogens with zero attached hydrogens (tertiary/aromatic N) is 3. The largest absolute Gasteiger partial charge is 0.393 e. The van der Waals surface area contributed by atoms with Gasteiger partial charge in [-0.15, -0.1) is 0 Å². The van der Waals surface area contributed by atoms with Gasteiger partial charge in [-0.1, -0.05) is 6.92 Å². The highest BCUT2D eigenvalue weighted by Crippen LogP contribution is 2.20. The molecule has 100 valence electrons. The van der Waals surface area contributed by atoms with Crippen LogP contribution in [0.1, 0.15) is 43.1 Å². The minimum absolute atomic E-state index is 0.301. The molecule has 18 heavy (non-hydrogen) atoms. The average molecular weight is 249 g/mol. The van der Waals surface area contributed by atoms with E-state index in [1.807, 2.05) is 20.8 Å². The third kappa shape index (κ3) is 2.80. The Labute approximate surface area is 109 Å². The van der Waals surface area contributed by atoms with Crippen molar-refractivity contribution in [2.24, 2.45) is 0 Å². The molecule has 1 fully saturated rings. The van der Waals surface area contributed by atoms with Crippen LogP contribution in [0.5, 0.6) is 0 Å². The van der Waals surface area contributed by atoms with Gasteiger partial charge in [0.25, 0.3) is 0 Å². The van der Waals surface area contributed by atoms with Crippen LogP contribution in [0.25, 0.3) is 0 Å². The summed E-state index contributed by atoms with van der Waals surface area (Å²) in [6.45, 7) is 8.17. The van der Waals surface area contributed by atoms with E-state index in [2.05, 4.69) is 14.9 Å². The lowest BCUT2D eigenvalue weighted by molar-refractivity contribution is 0.169. The summed E-state index contributed by atoms with van der Waals surface area (Å²) in [5.41, 5.74) is 3.15. The van der Waals surface area contributed by atoms with E-state index in [-0.39, 0.29) is 6.10 Å². The lowest BCUT2D eigenvalue weighted by atomic mass is 10.1. The zero-order valence-electron chi connectivity index (χ0n) is 11.6. The molecule has 0 aromatic carbocycles. The minimum Gasteiger partial charge on any atom is -0.393 e. The maximum atomic E-state index is 9.81. The highest BCUT2D eigenvalue weighted by Gasteiger charge is 2.18. The zero-order chi connectivity index (χ0) is 13.1. The third-order valence-corrected chi connectivity index (χ3v) is 3.77. The molecule has 0 radical (unpaired) electrons. The summed E-state index contributed by atoms with van der Waals surface area (Å²) in [6, 6.07) is 0. The molecule has 4 heteroatoms. The molecule has 1 aromatic heterocycles. The van der Waals surface area contributed by atoms with Crippen LogP contribution in [0.4, 0.5) is 5.95 Å². The van der Waals surface area contributed by atoms with Crippen molar-refractivity contribution in [3.05, 3.63) is 17.0 Å². The van der Waals surface area contributed by atoms with Gasteiger partial charge in [0.15, 0.2) is 0 Å². The molecule has 0 amide bonds. The van der Waals surface area contributed by atoms with E-state index < -0.39 is 0 Å². The highest BCUT2D eigenvalue weighted by molar-refractivity contribution is 5.37. The first-order valence-electron chi connectivity index (χ1n) is 6.89. The second kappa shape index (κ2) is 5.65. The first-order valence-corrected chi connectivity index (χ1v) is 6.89. The quantitative estimate of drug-likeness (QED) is 0.886. The van der Waals surface area contributed by atoms with Crippen molar-refractivity contribution in [1.82, 2.24) is 9.97 Å². The summed E-state index contributed by atoms with van der Waals surface area (Å²) >= 11 is 0. The number of aromatic nitrogens is 2. The van der Waals surface area contributed by atoms with Crippen LogP contribution in [0.2, 0.25) is 0 Å². The van der Waals surface area contributed by atoms with Crippen LogP contribution < -0.4 is 4.90 Å². The molecule has 0 aliphatic carbocycles. The summed E-state index contributed by atoms with van der Waals surface area (Å²) in [6.07, 6.45) is 3.55. The first kappa shape index (κ1) is 13.3. The van der Waals surface area contributed by atoms with Crippen molar-refractivity contribution in [3.63, 3.8) is 0 Å². The number of aliphatic hydroxyl groups excluding tert-OH is 1.